The zero-order valence-electron chi connectivity index (χ0n) is 10.9. The van der Waals surface area contributed by atoms with E-state index >= 15 is 0 Å². The zero-order chi connectivity index (χ0) is 13.6. The van der Waals surface area contributed by atoms with Gasteiger partial charge in [-0.05, 0) is 32.4 Å². The molecule has 1 aromatic rings. The number of rotatable bonds is 5. The molecule has 0 unspecified atom stereocenters. The zero-order valence-corrected chi connectivity index (χ0v) is 10.9. The van der Waals surface area contributed by atoms with Crippen molar-refractivity contribution < 1.29 is 4.74 Å². The molecule has 0 amide bonds. The Balaban J connectivity index is 2.69. The number of nitriles is 2. The summed E-state index contributed by atoms with van der Waals surface area (Å²) in [6, 6.07) is 9.57. The van der Waals surface area contributed by atoms with Crippen LogP contribution in [-0.4, -0.2) is 13.7 Å². The van der Waals surface area contributed by atoms with Crippen molar-refractivity contribution in [3.8, 4) is 17.9 Å². The van der Waals surface area contributed by atoms with E-state index in [4.69, 9.17) is 15.3 Å². The first kappa shape index (κ1) is 13.9. The molecule has 1 rings (SSSR count). The summed E-state index contributed by atoms with van der Waals surface area (Å²) in [5.74, 6) is 0.642. The van der Waals surface area contributed by atoms with Gasteiger partial charge >= 0.3 is 0 Å². The summed E-state index contributed by atoms with van der Waals surface area (Å²) in [6.07, 6.45) is 0.743. The Morgan fingerprint density at radius 3 is 2.61 bits per heavy atom. The van der Waals surface area contributed by atoms with Crippen LogP contribution in [0.5, 0.6) is 5.75 Å². The maximum absolute atomic E-state index is 8.92. The Labute approximate surface area is 108 Å². The smallest absolute Gasteiger partial charge is 0.143 e. The molecule has 1 N–H and O–H groups in total. The van der Waals surface area contributed by atoms with Gasteiger partial charge in [0, 0.05) is 12.6 Å². The molecule has 0 heterocycles. The fourth-order valence-corrected chi connectivity index (χ4v) is 1.47. The predicted molar refractivity (Wildman–Crippen MR) is 70.2 cm³/mol. The summed E-state index contributed by atoms with van der Waals surface area (Å²) in [4.78, 5) is 0. The summed E-state index contributed by atoms with van der Waals surface area (Å²) in [7, 11) is 1.57. The highest BCUT2D eigenvalue weighted by Gasteiger charge is 2.16. The highest BCUT2D eigenvalue weighted by Crippen LogP contribution is 2.26. The lowest BCUT2D eigenvalue weighted by Crippen LogP contribution is -2.14. The van der Waals surface area contributed by atoms with Crippen LogP contribution in [0.1, 0.15) is 25.8 Å². The molecule has 0 bridgehead atoms. The van der Waals surface area contributed by atoms with E-state index in [0.29, 0.717) is 17.9 Å². The van der Waals surface area contributed by atoms with Crippen molar-refractivity contribution in [2.24, 2.45) is 5.41 Å². The van der Waals surface area contributed by atoms with E-state index in [0.717, 1.165) is 12.1 Å². The number of hydrogen-bond acceptors (Lipinski definition) is 4. The highest BCUT2D eigenvalue weighted by atomic mass is 16.5. The average Bonchev–Trinajstić information content (AvgIpc) is 2.38. The maximum atomic E-state index is 8.92. The molecule has 0 atom stereocenters. The van der Waals surface area contributed by atoms with Crippen molar-refractivity contribution in [1.82, 2.24) is 0 Å². The molecule has 4 nitrogen and oxygen atoms in total. The molecule has 0 radical (unpaired) electrons. The average molecular weight is 243 g/mol. The first-order chi connectivity index (χ1) is 8.52. The second-order valence-electron chi connectivity index (χ2n) is 4.70. The first-order valence-electron chi connectivity index (χ1n) is 5.75. The van der Waals surface area contributed by atoms with Crippen molar-refractivity contribution in [1.29, 1.82) is 10.5 Å². The van der Waals surface area contributed by atoms with Crippen LogP contribution in [0.4, 0.5) is 5.69 Å². The van der Waals surface area contributed by atoms with Gasteiger partial charge in [-0.3, -0.25) is 0 Å². The van der Waals surface area contributed by atoms with Crippen LogP contribution in [0.2, 0.25) is 0 Å². The Kier molecular flexibility index (Phi) is 4.57. The van der Waals surface area contributed by atoms with Crippen molar-refractivity contribution >= 4 is 5.69 Å². The van der Waals surface area contributed by atoms with Gasteiger partial charge in [-0.15, -0.1) is 0 Å². The Bertz CT molecular complexity index is 495. The fourth-order valence-electron chi connectivity index (χ4n) is 1.47. The minimum atomic E-state index is -0.340. The minimum absolute atomic E-state index is 0.340. The molecule has 0 aromatic heterocycles. The molecular formula is C14H17N3O. The minimum Gasteiger partial charge on any atom is -0.495 e. The van der Waals surface area contributed by atoms with Crippen molar-refractivity contribution in [2.75, 3.05) is 19.0 Å². The van der Waals surface area contributed by atoms with E-state index in [2.05, 4.69) is 17.5 Å². The van der Waals surface area contributed by atoms with Crippen molar-refractivity contribution in [2.45, 2.75) is 20.3 Å². The molecule has 1 aromatic carbocycles. The van der Waals surface area contributed by atoms with Crippen LogP contribution in [0, 0.1) is 28.1 Å². The van der Waals surface area contributed by atoms with E-state index < -0.39 is 0 Å². The number of hydrogen-bond donors (Lipinski definition) is 1. The first-order valence-corrected chi connectivity index (χ1v) is 5.75. The third-order valence-electron chi connectivity index (χ3n) is 2.70. The third kappa shape index (κ3) is 3.68. The Morgan fingerprint density at radius 1 is 1.33 bits per heavy atom. The molecule has 18 heavy (non-hydrogen) atoms. The van der Waals surface area contributed by atoms with Gasteiger partial charge in [-0.2, -0.15) is 10.5 Å². The van der Waals surface area contributed by atoms with E-state index in [1.165, 1.54) is 0 Å². The number of nitrogens with one attached hydrogen (secondary N) is 1. The monoisotopic (exact) mass is 243 g/mol. The number of ether oxygens (including phenoxy) is 1. The van der Waals surface area contributed by atoms with Gasteiger partial charge in [0.1, 0.15) is 5.75 Å². The van der Waals surface area contributed by atoms with Gasteiger partial charge in [0.2, 0.25) is 0 Å². The van der Waals surface area contributed by atoms with Gasteiger partial charge in [-0.1, -0.05) is 0 Å². The maximum Gasteiger partial charge on any atom is 0.143 e. The molecule has 4 heteroatoms. The van der Waals surface area contributed by atoms with E-state index in [9.17, 15) is 0 Å². The topological polar surface area (TPSA) is 68.8 Å². The number of benzene rings is 1. The summed E-state index contributed by atoms with van der Waals surface area (Å²) in [5.41, 5.74) is 1.06. The molecule has 0 spiro atoms. The molecule has 0 aliphatic heterocycles. The second-order valence-corrected chi connectivity index (χ2v) is 4.70. The second kappa shape index (κ2) is 5.93. The molecule has 0 aliphatic carbocycles. The molecule has 0 saturated heterocycles. The van der Waals surface area contributed by atoms with Gasteiger partial charge in [0.15, 0.2) is 0 Å². The third-order valence-corrected chi connectivity index (χ3v) is 2.70. The van der Waals surface area contributed by atoms with Crippen LogP contribution in [0.3, 0.4) is 0 Å². The fraction of sp³-hybridized carbons (Fsp3) is 0.429. The van der Waals surface area contributed by atoms with Crippen LogP contribution >= 0.6 is 0 Å². The number of nitrogens with zero attached hydrogens (tertiary/aromatic N) is 2. The molecule has 0 fully saturated rings. The van der Waals surface area contributed by atoms with Crippen LogP contribution in [0.25, 0.3) is 0 Å². The number of methoxy groups -OCH3 is 1. The standard InChI is InChI=1S/C14H17N3O/c1-14(2,10-16)6-7-17-12-5-4-11(9-15)8-13(12)18-3/h4-5,8,17H,6-7H2,1-3H3. The quantitative estimate of drug-likeness (QED) is 0.863. The van der Waals surface area contributed by atoms with E-state index in [1.807, 2.05) is 19.9 Å². The number of anilines is 1. The van der Waals surface area contributed by atoms with Crippen molar-refractivity contribution in [3.05, 3.63) is 23.8 Å². The highest BCUT2D eigenvalue weighted by molar-refractivity contribution is 5.59. The van der Waals surface area contributed by atoms with Gasteiger partial charge < -0.3 is 10.1 Å². The van der Waals surface area contributed by atoms with Crippen molar-refractivity contribution in [3.63, 3.8) is 0 Å². The summed E-state index contributed by atoms with van der Waals surface area (Å²) in [6.45, 7) is 4.50. The van der Waals surface area contributed by atoms with Crippen LogP contribution in [0.15, 0.2) is 18.2 Å². The summed E-state index contributed by atoms with van der Waals surface area (Å²) >= 11 is 0. The van der Waals surface area contributed by atoms with Crippen LogP contribution in [-0.2, 0) is 0 Å². The molecular weight excluding hydrogens is 226 g/mol. The van der Waals surface area contributed by atoms with E-state index in [1.54, 1.807) is 19.2 Å². The predicted octanol–water partition coefficient (Wildman–Crippen LogP) is 2.92. The molecule has 0 saturated carbocycles. The normalized spacial score (nSPS) is 10.3. The largest absolute Gasteiger partial charge is 0.495 e. The molecule has 0 aliphatic rings. The lowest BCUT2D eigenvalue weighted by atomic mass is 9.91. The lowest BCUT2D eigenvalue weighted by Gasteiger charge is -2.17. The Morgan fingerprint density at radius 2 is 2.06 bits per heavy atom. The van der Waals surface area contributed by atoms with Crippen LogP contribution < -0.4 is 10.1 Å². The Hall–Kier alpha value is -2.20. The van der Waals surface area contributed by atoms with E-state index in [-0.39, 0.29) is 5.41 Å². The van der Waals surface area contributed by atoms with Gasteiger partial charge in [0.25, 0.3) is 0 Å². The SMILES string of the molecule is COc1cc(C#N)ccc1NCCC(C)(C)C#N. The molecule has 94 valence electrons. The van der Waals surface area contributed by atoms with Gasteiger partial charge in [0.05, 0.1) is 35.9 Å². The van der Waals surface area contributed by atoms with Gasteiger partial charge in [-0.25, -0.2) is 0 Å². The lowest BCUT2D eigenvalue weighted by molar-refractivity contribution is 0.415. The summed E-state index contributed by atoms with van der Waals surface area (Å²) in [5, 5.41) is 20.9. The summed E-state index contributed by atoms with van der Waals surface area (Å²) < 4.78 is 5.22.